The molecule has 2 saturated heterocycles. The molecule has 0 spiro atoms. The van der Waals surface area contributed by atoms with Crippen molar-refractivity contribution < 1.29 is 29.0 Å². The molecule has 2 aliphatic rings. The molecule has 5 rings (SSSR count). The summed E-state index contributed by atoms with van der Waals surface area (Å²) in [5.74, 6) is 0.852. The molecule has 0 aliphatic carbocycles. The van der Waals surface area contributed by atoms with Crippen LogP contribution >= 0.6 is 11.8 Å². The molecule has 2 unspecified atom stereocenters. The molecule has 1 aromatic heterocycles. The van der Waals surface area contributed by atoms with Crippen molar-refractivity contribution in [1.29, 1.82) is 0 Å². The molecule has 2 atom stereocenters. The molecule has 0 radical (unpaired) electrons. The van der Waals surface area contributed by atoms with Gasteiger partial charge in [0.25, 0.3) is 11.1 Å². The second-order valence-electron chi connectivity index (χ2n) is 9.22. The van der Waals surface area contributed by atoms with Crippen LogP contribution in [-0.4, -0.2) is 55.9 Å². The number of benzene rings is 2. The number of nitrogens with zero attached hydrogens (tertiary/aromatic N) is 3. The van der Waals surface area contributed by atoms with Crippen molar-refractivity contribution >= 4 is 35.1 Å². The van der Waals surface area contributed by atoms with E-state index in [2.05, 4.69) is 15.3 Å². The Bertz CT molecular complexity index is 1410. The lowest BCUT2D eigenvalue weighted by Crippen LogP contribution is -2.49. The Hall–Kier alpha value is -4.38. The third-order valence-electron chi connectivity index (χ3n) is 6.53. The summed E-state index contributed by atoms with van der Waals surface area (Å²) in [5, 5.41) is 11.5. The number of amides is 3. The Balaban J connectivity index is 1.25. The molecule has 2 aromatic carbocycles. The molecule has 39 heavy (non-hydrogen) atoms. The first-order valence-corrected chi connectivity index (χ1v) is 13.2. The third kappa shape index (κ3) is 6.37. The van der Waals surface area contributed by atoms with Crippen molar-refractivity contribution in [3.8, 4) is 17.5 Å². The van der Waals surface area contributed by atoms with Crippen LogP contribution in [0.3, 0.4) is 0 Å². The van der Waals surface area contributed by atoms with E-state index in [0.29, 0.717) is 53.8 Å². The number of carbonyl (C=O) groups excluding carboxylic acids is 2. The lowest BCUT2D eigenvalue weighted by atomic mass is 9.94. The number of thioether (sulfide) groups is 1. The summed E-state index contributed by atoms with van der Waals surface area (Å²) in [7, 11) is 0. The molecular formula is C28H26N4O6S. The van der Waals surface area contributed by atoms with Crippen molar-refractivity contribution in [2.24, 2.45) is 0 Å². The molecule has 2 aliphatic heterocycles. The molecule has 3 heterocycles. The predicted octanol–water partition coefficient (Wildman–Crippen LogP) is 5.03. The van der Waals surface area contributed by atoms with E-state index < -0.39 is 12.0 Å². The van der Waals surface area contributed by atoms with Crippen LogP contribution in [0.4, 0.5) is 9.59 Å². The van der Waals surface area contributed by atoms with E-state index in [1.165, 1.54) is 11.2 Å². The first kappa shape index (κ1) is 26.2. The van der Waals surface area contributed by atoms with Gasteiger partial charge in [0.1, 0.15) is 18.2 Å². The Morgan fingerprint density at radius 2 is 1.87 bits per heavy atom. The van der Waals surface area contributed by atoms with Gasteiger partial charge in [-0.05, 0) is 54.4 Å². The number of aromatic nitrogens is 2. The van der Waals surface area contributed by atoms with Crippen LogP contribution in [0, 0.1) is 6.92 Å². The summed E-state index contributed by atoms with van der Waals surface area (Å²) < 4.78 is 12.2. The number of carboxylic acid groups (broad SMARTS) is 1. The highest BCUT2D eigenvalue weighted by Crippen LogP contribution is 2.31. The van der Waals surface area contributed by atoms with E-state index in [9.17, 15) is 19.5 Å². The zero-order valence-electron chi connectivity index (χ0n) is 21.1. The highest BCUT2D eigenvalue weighted by molar-refractivity contribution is 8.18. The molecule has 3 aromatic rings. The minimum Gasteiger partial charge on any atom is -0.474 e. The number of imide groups is 1. The Morgan fingerprint density at radius 3 is 2.56 bits per heavy atom. The molecule has 0 saturated carbocycles. The quantitative estimate of drug-likeness (QED) is 0.392. The van der Waals surface area contributed by atoms with Crippen molar-refractivity contribution in [3.05, 3.63) is 82.5 Å². The smallest absolute Gasteiger partial charge is 0.407 e. The number of piperidine rings is 1. The van der Waals surface area contributed by atoms with Gasteiger partial charge in [0.05, 0.1) is 10.5 Å². The van der Waals surface area contributed by atoms with Crippen LogP contribution in [0.15, 0.2) is 65.8 Å². The fraction of sp³-hybridized carbons (Fsp3) is 0.250. The molecule has 2 fully saturated rings. The Labute approximate surface area is 229 Å². The normalized spacial score (nSPS) is 20.1. The van der Waals surface area contributed by atoms with Crippen LogP contribution < -0.4 is 14.8 Å². The van der Waals surface area contributed by atoms with Crippen LogP contribution in [0.5, 0.6) is 17.5 Å². The van der Waals surface area contributed by atoms with E-state index in [1.807, 2.05) is 37.3 Å². The van der Waals surface area contributed by atoms with Crippen LogP contribution in [0.25, 0.3) is 6.08 Å². The minimum atomic E-state index is -0.927. The fourth-order valence-corrected chi connectivity index (χ4v) is 5.25. The number of hydrogen-bond donors (Lipinski definition) is 2. The molecule has 10 nitrogen and oxygen atoms in total. The van der Waals surface area contributed by atoms with Gasteiger partial charge in [-0.1, -0.05) is 42.5 Å². The third-order valence-corrected chi connectivity index (χ3v) is 7.34. The summed E-state index contributed by atoms with van der Waals surface area (Å²) in [6.45, 7) is 2.19. The van der Waals surface area contributed by atoms with E-state index in [4.69, 9.17) is 9.47 Å². The number of hydrogen-bond acceptors (Lipinski definition) is 8. The highest BCUT2D eigenvalue weighted by atomic mass is 32.2. The number of rotatable bonds is 7. The number of nitrogens with one attached hydrogen (secondary N) is 1. The topological polar surface area (TPSA) is 131 Å². The molecule has 200 valence electrons. The average Bonchev–Trinajstić information content (AvgIpc) is 3.24. The van der Waals surface area contributed by atoms with Gasteiger partial charge in [-0.15, -0.1) is 0 Å². The summed E-state index contributed by atoms with van der Waals surface area (Å²) in [6.07, 6.45) is 3.57. The van der Waals surface area contributed by atoms with E-state index in [1.54, 1.807) is 30.3 Å². The fourth-order valence-electron chi connectivity index (χ4n) is 4.57. The van der Waals surface area contributed by atoms with Crippen LogP contribution in [-0.2, 0) is 11.2 Å². The van der Waals surface area contributed by atoms with E-state index >= 15 is 0 Å². The Kier molecular flexibility index (Phi) is 7.78. The SMILES string of the molecule is Cc1c(Oc2ccc(C=C3SC(=O)NC3=O)cc2)ncnc1OC1CCN(C(=O)O)C(Cc2ccccc2)C1. The summed E-state index contributed by atoms with van der Waals surface area (Å²) in [5.41, 5.74) is 2.45. The second kappa shape index (κ2) is 11.6. The first-order valence-electron chi connectivity index (χ1n) is 12.4. The maximum absolute atomic E-state index is 11.8. The van der Waals surface area contributed by atoms with Gasteiger partial charge < -0.3 is 19.5 Å². The molecule has 0 bridgehead atoms. The van der Waals surface area contributed by atoms with Gasteiger partial charge in [0.15, 0.2) is 0 Å². The second-order valence-corrected chi connectivity index (χ2v) is 10.2. The largest absolute Gasteiger partial charge is 0.474 e. The Morgan fingerprint density at radius 1 is 1.13 bits per heavy atom. The molecule has 2 N–H and O–H groups in total. The number of ether oxygens (including phenoxy) is 2. The van der Waals surface area contributed by atoms with Gasteiger partial charge >= 0.3 is 6.09 Å². The minimum absolute atomic E-state index is 0.207. The van der Waals surface area contributed by atoms with Gasteiger partial charge in [-0.3, -0.25) is 14.9 Å². The molecular weight excluding hydrogens is 520 g/mol. The lowest BCUT2D eigenvalue weighted by Gasteiger charge is -2.37. The molecule has 11 heteroatoms. The van der Waals surface area contributed by atoms with Crippen molar-refractivity contribution in [2.45, 2.75) is 38.3 Å². The average molecular weight is 547 g/mol. The van der Waals surface area contributed by atoms with Crippen molar-refractivity contribution in [3.63, 3.8) is 0 Å². The zero-order chi connectivity index (χ0) is 27.4. The van der Waals surface area contributed by atoms with Gasteiger partial charge in [0, 0.05) is 25.4 Å². The van der Waals surface area contributed by atoms with Crippen LogP contribution in [0.2, 0.25) is 0 Å². The molecule has 3 amide bonds. The van der Waals surface area contributed by atoms with Gasteiger partial charge in [0.2, 0.25) is 11.8 Å². The summed E-state index contributed by atoms with van der Waals surface area (Å²) in [4.78, 5) is 45.3. The summed E-state index contributed by atoms with van der Waals surface area (Å²) >= 11 is 0.862. The predicted molar refractivity (Wildman–Crippen MR) is 145 cm³/mol. The zero-order valence-corrected chi connectivity index (χ0v) is 21.9. The monoisotopic (exact) mass is 546 g/mol. The van der Waals surface area contributed by atoms with Gasteiger partial charge in [-0.2, -0.15) is 0 Å². The van der Waals surface area contributed by atoms with Gasteiger partial charge in [-0.25, -0.2) is 14.8 Å². The maximum atomic E-state index is 11.8. The van der Waals surface area contributed by atoms with Crippen LogP contribution in [0.1, 0.15) is 29.5 Å². The van der Waals surface area contributed by atoms with Crippen molar-refractivity contribution in [1.82, 2.24) is 20.2 Å². The maximum Gasteiger partial charge on any atom is 0.407 e. The number of likely N-dealkylation sites (tertiary alicyclic amines) is 1. The van der Waals surface area contributed by atoms with Crippen molar-refractivity contribution in [2.75, 3.05) is 6.54 Å². The lowest BCUT2D eigenvalue weighted by molar-refractivity contribution is -0.115. The van der Waals surface area contributed by atoms with E-state index in [-0.39, 0.29) is 17.4 Å². The standard InChI is InChI=1S/C28H26N4O6S/c1-17-25(37-21-9-7-19(8-10-21)14-23-24(33)31-27(34)39-23)29-16-30-26(17)38-22-11-12-32(28(35)36)20(15-22)13-18-5-3-2-4-6-18/h2-10,14,16,20,22H,11-13,15H2,1H3,(H,35,36)(H,31,33,34). The van der Waals surface area contributed by atoms with E-state index in [0.717, 1.165) is 22.9 Å². The highest BCUT2D eigenvalue weighted by Gasteiger charge is 2.33. The summed E-state index contributed by atoms with van der Waals surface area (Å²) in [6, 6.07) is 16.6. The number of carbonyl (C=O) groups is 3. The first-order chi connectivity index (χ1) is 18.9.